The van der Waals surface area contributed by atoms with Crippen LogP contribution in [0.3, 0.4) is 0 Å². The van der Waals surface area contributed by atoms with Crippen LogP contribution in [-0.4, -0.2) is 43.2 Å². The van der Waals surface area contributed by atoms with Crippen LogP contribution < -0.4 is 5.32 Å². The lowest BCUT2D eigenvalue weighted by Crippen LogP contribution is -2.23. The van der Waals surface area contributed by atoms with E-state index in [1.54, 1.807) is 20.2 Å². The van der Waals surface area contributed by atoms with Crippen molar-refractivity contribution in [2.45, 2.75) is 19.3 Å². The van der Waals surface area contributed by atoms with Crippen LogP contribution in [0.4, 0.5) is 10.1 Å². The predicted octanol–water partition coefficient (Wildman–Crippen LogP) is 2.10. The van der Waals surface area contributed by atoms with E-state index in [2.05, 4.69) is 5.32 Å². The van der Waals surface area contributed by atoms with Gasteiger partial charge in [0.25, 0.3) is 5.91 Å². The van der Waals surface area contributed by atoms with Crippen LogP contribution in [0.2, 0.25) is 0 Å². The molecule has 106 valence electrons. The Morgan fingerprint density at radius 1 is 1.32 bits per heavy atom. The minimum atomic E-state index is -0.510. The molecule has 0 bridgehead atoms. The zero-order valence-corrected chi connectivity index (χ0v) is 11.4. The minimum Gasteiger partial charge on any atom is -0.396 e. The molecule has 1 aromatic carbocycles. The molecule has 0 heterocycles. The zero-order valence-electron chi connectivity index (χ0n) is 11.4. The first kappa shape index (κ1) is 15.4. The standard InChI is InChI=1S/C14H21FN2O2/c1-17(2)14(19)12-10-11(6-7-13(12)15)16-8-4-3-5-9-18/h6-7,10,16,18H,3-5,8-9H2,1-2H3. The summed E-state index contributed by atoms with van der Waals surface area (Å²) < 4.78 is 13.6. The first-order chi connectivity index (χ1) is 9.06. The third-order valence-corrected chi connectivity index (χ3v) is 2.77. The van der Waals surface area contributed by atoms with Crippen molar-refractivity contribution in [3.8, 4) is 0 Å². The fourth-order valence-corrected chi connectivity index (χ4v) is 1.69. The molecule has 1 rings (SSSR count). The maximum atomic E-state index is 13.6. The summed E-state index contributed by atoms with van der Waals surface area (Å²) in [5, 5.41) is 11.8. The van der Waals surface area contributed by atoms with Crippen LogP contribution in [0.25, 0.3) is 0 Å². The molecule has 0 aliphatic rings. The van der Waals surface area contributed by atoms with Crippen molar-refractivity contribution in [3.05, 3.63) is 29.6 Å². The molecule has 5 heteroatoms. The topological polar surface area (TPSA) is 52.6 Å². The van der Waals surface area contributed by atoms with E-state index in [-0.39, 0.29) is 18.1 Å². The van der Waals surface area contributed by atoms with Gasteiger partial charge in [-0.15, -0.1) is 0 Å². The monoisotopic (exact) mass is 268 g/mol. The van der Waals surface area contributed by atoms with Gasteiger partial charge in [-0.3, -0.25) is 4.79 Å². The Hall–Kier alpha value is -1.62. The lowest BCUT2D eigenvalue weighted by molar-refractivity contribution is 0.0823. The van der Waals surface area contributed by atoms with Gasteiger partial charge in [-0.2, -0.15) is 0 Å². The number of amides is 1. The summed E-state index contributed by atoms with van der Waals surface area (Å²) in [6, 6.07) is 4.45. The molecule has 0 saturated carbocycles. The SMILES string of the molecule is CN(C)C(=O)c1cc(NCCCCCO)ccc1F. The van der Waals surface area contributed by atoms with Crippen LogP contribution >= 0.6 is 0 Å². The Kier molecular flexibility index (Phi) is 6.29. The van der Waals surface area contributed by atoms with Gasteiger partial charge in [0.15, 0.2) is 0 Å². The Bertz CT molecular complexity index is 422. The molecular weight excluding hydrogens is 247 g/mol. The molecular formula is C14H21FN2O2. The maximum Gasteiger partial charge on any atom is 0.256 e. The molecule has 0 aromatic heterocycles. The average molecular weight is 268 g/mol. The smallest absolute Gasteiger partial charge is 0.256 e. The fraction of sp³-hybridized carbons (Fsp3) is 0.500. The molecule has 1 amide bonds. The van der Waals surface area contributed by atoms with Crippen molar-refractivity contribution >= 4 is 11.6 Å². The lowest BCUT2D eigenvalue weighted by Gasteiger charge is -2.13. The molecule has 4 nitrogen and oxygen atoms in total. The first-order valence-corrected chi connectivity index (χ1v) is 6.42. The predicted molar refractivity (Wildman–Crippen MR) is 73.8 cm³/mol. The normalized spacial score (nSPS) is 10.3. The summed E-state index contributed by atoms with van der Waals surface area (Å²) in [7, 11) is 3.19. The third-order valence-electron chi connectivity index (χ3n) is 2.77. The van der Waals surface area contributed by atoms with E-state index in [0.717, 1.165) is 31.5 Å². The van der Waals surface area contributed by atoms with E-state index in [9.17, 15) is 9.18 Å². The third kappa shape index (κ3) is 4.87. The molecule has 0 unspecified atom stereocenters. The number of anilines is 1. The minimum absolute atomic E-state index is 0.0744. The number of nitrogens with zero attached hydrogens (tertiary/aromatic N) is 1. The van der Waals surface area contributed by atoms with E-state index in [4.69, 9.17) is 5.11 Å². The van der Waals surface area contributed by atoms with E-state index < -0.39 is 5.82 Å². The molecule has 0 saturated heterocycles. The number of hydrogen-bond acceptors (Lipinski definition) is 3. The van der Waals surface area contributed by atoms with Crippen LogP contribution in [-0.2, 0) is 0 Å². The van der Waals surface area contributed by atoms with E-state index in [1.165, 1.54) is 17.0 Å². The Balaban J connectivity index is 2.61. The largest absolute Gasteiger partial charge is 0.396 e. The van der Waals surface area contributed by atoms with Gasteiger partial charge in [-0.05, 0) is 37.5 Å². The van der Waals surface area contributed by atoms with Gasteiger partial charge in [0.1, 0.15) is 5.82 Å². The van der Waals surface area contributed by atoms with Crippen molar-refractivity contribution in [1.82, 2.24) is 4.90 Å². The number of halogens is 1. The number of rotatable bonds is 7. The lowest BCUT2D eigenvalue weighted by atomic mass is 10.1. The fourth-order valence-electron chi connectivity index (χ4n) is 1.69. The Morgan fingerprint density at radius 3 is 2.68 bits per heavy atom. The summed E-state index contributed by atoms with van der Waals surface area (Å²) in [5.74, 6) is -0.856. The Morgan fingerprint density at radius 2 is 2.05 bits per heavy atom. The molecule has 0 aliphatic carbocycles. The summed E-state index contributed by atoms with van der Waals surface area (Å²) in [5.41, 5.74) is 0.806. The molecule has 0 radical (unpaired) electrons. The Labute approximate surface area is 113 Å². The van der Waals surface area contributed by atoms with E-state index in [0.29, 0.717) is 0 Å². The number of aliphatic hydroxyl groups excluding tert-OH is 1. The van der Waals surface area contributed by atoms with Crippen molar-refractivity contribution in [2.24, 2.45) is 0 Å². The number of aliphatic hydroxyl groups is 1. The van der Waals surface area contributed by atoms with Crippen molar-refractivity contribution in [2.75, 3.05) is 32.6 Å². The summed E-state index contributed by atoms with van der Waals surface area (Å²) >= 11 is 0. The highest BCUT2D eigenvalue weighted by Crippen LogP contribution is 2.16. The van der Waals surface area contributed by atoms with E-state index >= 15 is 0 Å². The zero-order chi connectivity index (χ0) is 14.3. The highest BCUT2D eigenvalue weighted by Gasteiger charge is 2.14. The molecule has 2 N–H and O–H groups in total. The maximum absolute atomic E-state index is 13.6. The van der Waals surface area contributed by atoms with Gasteiger partial charge in [0, 0.05) is 32.9 Å². The number of unbranched alkanes of at least 4 members (excludes halogenated alkanes) is 2. The second-order valence-corrected chi connectivity index (χ2v) is 4.61. The van der Waals surface area contributed by atoms with Gasteiger partial charge in [0.05, 0.1) is 5.56 Å². The van der Waals surface area contributed by atoms with Gasteiger partial charge in [-0.25, -0.2) is 4.39 Å². The number of hydrogen-bond donors (Lipinski definition) is 2. The van der Waals surface area contributed by atoms with Crippen molar-refractivity contribution < 1.29 is 14.3 Å². The second kappa shape index (κ2) is 7.74. The second-order valence-electron chi connectivity index (χ2n) is 4.61. The van der Waals surface area contributed by atoms with Crippen LogP contribution in [0.15, 0.2) is 18.2 Å². The molecule has 0 fully saturated rings. The van der Waals surface area contributed by atoms with Gasteiger partial charge < -0.3 is 15.3 Å². The molecule has 19 heavy (non-hydrogen) atoms. The van der Waals surface area contributed by atoms with Crippen LogP contribution in [0.1, 0.15) is 29.6 Å². The first-order valence-electron chi connectivity index (χ1n) is 6.42. The summed E-state index contributed by atoms with van der Waals surface area (Å²) in [4.78, 5) is 13.1. The molecule has 0 aliphatic heterocycles. The van der Waals surface area contributed by atoms with Crippen molar-refractivity contribution in [1.29, 1.82) is 0 Å². The van der Waals surface area contributed by atoms with Crippen LogP contribution in [0.5, 0.6) is 0 Å². The number of carbonyl (C=O) groups is 1. The molecule has 0 atom stereocenters. The molecule has 0 spiro atoms. The van der Waals surface area contributed by atoms with Gasteiger partial charge in [-0.1, -0.05) is 0 Å². The number of nitrogens with one attached hydrogen (secondary N) is 1. The van der Waals surface area contributed by atoms with Gasteiger partial charge >= 0.3 is 0 Å². The average Bonchev–Trinajstić information content (AvgIpc) is 2.39. The summed E-state index contributed by atoms with van der Waals surface area (Å²) in [6.45, 7) is 0.944. The van der Waals surface area contributed by atoms with Crippen LogP contribution in [0, 0.1) is 5.82 Å². The quantitative estimate of drug-likeness (QED) is 0.745. The highest BCUT2D eigenvalue weighted by atomic mass is 19.1. The number of benzene rings is 1. The van der Waals surface area contributed by atoms with Crippen molar-refractivity contribution in [3.63, 3.8) is 0 Å². The summed E-state index contributed by atoms with van der Waals surface area (Å²) in [6.07, 6.45) is 2.65. The molecule has 1 aromatic rings. The highest BCUT2D eigenvalue weighted by molar-refractivity contribution is 5.95. The number of carbonyl (C=O) groups excluding carboxylic acids is 1. The van der Waals surface area contributed by atoms with Gasteiger partial charge in [0.2, 0.25) is 0 Å². The van der Waals surface area contributed by atoms with E-state index in [1.807, 2.05) is 0 Å².